The molecule has 78 valence electrons. The number of nitrogens with two attached hydrogens (primary N) is 1. The topological polar surface area (TPSA) is 51.4 Å². The van der Waals surface area contributed by atoms with E-state index in [1.54, 1.807) is 6.20 Å². The van der Waals surface area contributed by atoms with Gasteiger partial charge in [0.1, 0.15) is 6.61 Å². The SMILES string of the molecule is Cc1cc(N)cnc1OCCN(C)C. The van der Waals surface area contributed by atoms with Gasteiger partial charge < -0.3 is 15.4 Å². The minimum atomic E-state index is 0.644. The predicted molar refractivity (Wildman–Crippen MR) is 57.4 cm³/mol. The van der Waals surface area contributed by atoms with Gasteiger partial charge in [-0.15, -0.1) is 0 Å². The maximum atomic E-state index is 5.58. The Kier molecular flexibility index (Phi) is 3.71. The second-order valence-electron chi connectivity index (χ2n) is 3.54. The summed E-state index contributed by atoms with van der Waals surface area (Å²) in [4.78, 5) is 6.17. The highest BCUT2D eigenvalue weighted by molar-refractivity contribution is 5.41. The Bertz CT molecular complexity index is 299. The molecular weight excluding hydrogens is 178 g/mol. The van der Waals surface area contributed by atoms with Crippen LogP contribution in [0.4, 0.5) is 5.69 Å². The van der Waals surface area contributed by atoms with Crippen molar-refractivity contribution in [3.8, 4) is 5.88 Å². The minimum absolute atomic E-state index is 0.644. The van der Waals surface area contributed by atoms with Crippen LogP contribution in [0.3, 0.4) is 0 Å². The molecule has 0 saturated heterocycles. The van der Waals surface area contributed by atoms with E-state index >= 15 is 0 Å². The standard InChI is InChI=1S/C10H17N3O/c1-8-6-9(11)7-12-10(8)14-5-4-13(2)3/h6-7H,4-5,11H2,1-3H3. The molecule has 1 aromatic heterocycles. The number of nitrogen functional groups attached to an aromatic ring is 1. The number of anilines is 1. The molecule has 0 fully saturated rings. The molecule has 14 heavy (non-hydrogen) atoms. The first-order valence-electron chi connectivity index (χ1n) is 4.59. The van der Waals surface area contributed by atoms with Crippen LogP contribution in [0, 0.1) is 6.92 Å². The molecular formula is C10H17N3O. The van der Waals surface area contributed by atoms with Gasteiger partial charge in [0.25, 0.3) is 0 Å². The number of hydrogen-bond donors (Lipinski definition) is 1. The summed E-state index contributed by atoms with van der Waals surface area (Å²) in [5.41, 5.74) is 7.22. The summed E-state index contributed by atoms with van der Waals surface area (Å²) in [5, 5.41) is 0. The highest BCUT2D eigenvalue weighted by Gasteiger charge is 2.01. The van der Waals surface area contributed by atoms with Crippen LogP contribution in [0.1, 0.15) is 5.56 Å². The number of rotatable bonds is 4. The quantitative estimate of drug-likeness (QED) is 0.776. The molecule has 0 unspecified atom stereocenters. The number of hydrogen-bond acceptors (Lipinski definition) is 4. The van der Waals surface area contributed by atoms with E-state index in [1.165, 1.54) is 0 Å². The Morgan fingerprint density at radius 2 is 2.21 bits per heavy atom. The van der Waals surface area contributed by atoms with Gasteiger partial charge in [0.05, 0.1) is 11.9 Å². The molecule has 1 heterocycles. The molecule has 0 spiro atoms. The first-order valence-corrected chi connectivity index (χ1v) is 4.59. The Labute approximate surface area is 84.7 Å². The van der Waals surface area contributed by atoms with Gasteiger partial charge in [-0.3, -0.25) is 0 Å². The molecule has 1 aromatic rings. The first-order chi connectivity index (χ1) is 6.59. The lowest BCUT2D eigenvalue weighted by Crippen LogP contribution is -2.19. The van der Waals surface area contributed by atoms with Gasteiger partial charge in [-0.2, -0.15) is 0 Å². The second kappa shape index (κ2) is 4.81. The Morgan fingerprint density at radius 1 is 1.50 bits per heavy atom. The molecule has 0 amide bonds. The van der Waals surface area contributed by atoms with Crippen LogP contribution in [0.2, 0.25) is 0 Å². The summed E-state index contributed by atoms with van der Waals surface area (Å²) in [7, 11) is 4.01. The molecule has 0 atom stereocenters. The van der Waals surface area contributed by atoms with Gasteiger partial charge in [0, 0.05) is 12.1 Å². The van der Waals surface area contributed by atoms with E-state index in [0.29, 0.717) is 18.2 Å². The molecule has 0 aliphatic carbocycles. The summed E-state index contributed by atoms with van der Waals surface area (Å²) < 4.78 is 5.49. The molecule has 4 heteroatoms. The fourth-order valence-corrected chi connectivity index (χ4v) is 1.06. The molecule has 0 radical (unpaired) electrons. The molecule has 4 nitrogen and oxygen atoms in total. The third kappa shape index (κ3) is 3.22. The monoisotopic (exact) mass is 195 g/mol. The molecule has 1 rings (SSSR count). The van der Waals surface area contributed by atoms with E-state index in [1.807, 2.05) is 27.1 Å². The van der Waals surface area contributed by atoms with Crippen molar-refractivity contribution in [2.75, 3.05) is 33.0 Å². The fourth-order valence-electron chi connectivity index (χ4n) is 1.06. The van der Waals surface area contributed by atoms with Crippen molar-refractivity contribution in [1.29, 1.82) is 0 Å². The van der Waals surface area contributed by atoms with E-state index < -0.39 is 0 Å². The van der Waals surface area contributed by atoms with Crippen LogP contribution in [0.15, 0.2) is 12.3 Å². The molecule has 0 saturated carbocycles. The van der Waals surface area contributed by atoms with Gasteiger partial charge in [-0.25, -0.2) is 4.98 Å². The van der Waals surface area contributed by atoms with Crippen molar-refractivity contribution in [3.05, 3.63) is 17.8 Å². The highest BCUT2D eigenvalue weighted by Crippen LogP contribution is 2.15. The number of nitrogens with zero attached hydrogens (tertiary/aromatic N) is 2. The lowest BCUT2D eigenvalue weighted by molar-refractivity contribution is 0.252. The zero-order chi connectivity index (χ0) is 10.6. The number of aryl methyl sites for hydroxylation is 1. The van der Waals surface area contributed by atoms with Crippen molar-refractivity contribution in [1.82, 2.24) is 9.88 Å². The van der Waals surface area contributed by atoms with Gasteiger partial charge in [0.15, 0.2) is 0 Å². The van der Waals surface area contributed by atoms with E-state index in [4.69, 9.17) is 10.5 Å². The predicted octanol–water partition coefficient (Wildman–Crippen LogP) is 0.913. The summed E-state index contributed by atoms with van der Waals surface area (Å²) in [6.07, 6.45) is 1.61. The smallest absolute Gasteiger partial charge is 0.216 e. The number of pyridine rings is 1. The fraction of sp³-hybridized carbons (Fsp3) is 0.500. The zero-order valence-electron chi connectivity index (χ0n) is 8.95. The van der Waals surface area contributed by atoms with Crippen LogP contribution in [0.5, 0.6) is 5.88 Å². The maximum absolute atomic E-state index is 5.58. The van der Waals surface area contributed by atoms with E-state index in [2.05, 4.69) is 9.88 Å². The Balaban J connectivity index is 2.51. The highest BCUT2D eigenvalue weighted by atomic mass is 16.5. The average molecular weight is 195 g/mol. The van der Waals surface area contributed by atoms with Crippen LogP contribution >= 0.6 is 0 Å². The summed E-state index contributed by atoms with van der Waals surface area (Å²) in [5.74, 6) is 0.668. The Morgan fingerprint density at radius 3 is 2.79 bits per heavy atom. The molecule has 0 aliphatic rings. The lowest BCUT2D eigenvalue weighted by atomic mass is 10.3. The third-order valence-corrected chi connectivity index (χ3v) is 1.83. The van der Waals surface area contributed by atoms with Crippen molar-refractivity contribution < 1.29 is 4.74 Å². The van der Waals surface area contributed by atoms with Crippen LogP contribution in [-0.2, 0) is 0 Å². The van der Waals surface area contributed by atoms with Gasteiger partial charge in [-0.1, -0.05) is 0 Å². The largest absolute Gasteiger partial charge is 0.476 e. The van der Waals surface area contributed by atoms with Gasteiger partial charge in [0.2, 0.25) is 5.88 Å². The Hall–Kier alpha value is -1.29. The van der Waals surface area contributed by atoms with Crippen molar-refractivity contribution in [2.24, 2.45) is 0 Å². The van der Waals surface area contributed by atoms with Crippen LogP contribution < -0.4 is 10.5 Å². The zero-order valence-corrected chi connectivity index (χ0v) is 8.95. The summed E-state index contributed by atoms with van der Waals surface area (Å²) >= 11 is 0. The van der Waals surface area contributed by atoms with Crippen molar-refractivity contribution >= 4 is 5.69 Å². The molecule has 2 N–H and O–H groups in total. The summed E-state index contributed by atoms with van der Waals surface area (Å²) in [6, 6.07) is 1.86. The minimum Gasteiger partial charge on any atom is -0.476 e. The molecule has 0 aliphatic heterocycles. The third-order valence-electron chi connectivity index (χ3n) is 1.83. The number of ether oxygens (including phenoxy) is 1. The van der Waals surface area contributed by atoms with Gasteiger partial charge in [-0.05, 0) is 27.1 Å². The number of likely N-dealkylation sites (N-methyl/N-ethyl adjacent to an activating group) is 1. The molecule has 0 bridgehead atoms. The molecule has 0 aromatic carbocycles. The maximum Gasteiger partial charge on any atom is 0.216 e. The normalized spacial score (nSPS) is 10.6. The lowest BCUT2D eigenvalue weighted by Gasteiger charge is -2.11. The first kappa shape index (κ1) is 10.8. The van der Waals surface area contributed by atoms with Crippen LogP contribution in [0.25, 0.3) is 0 Å². The van der Waals surface area contributed by atoms with E-state index in [9.17, 15) is 0 Å². The van der Waals surface area contributed by atoms with Crippen LogP contribution in [-0.4, -0.2) is 37.1 Å². The van der Waals surface area contributed by atoms with E-state index in [0.717, 1.165) is 12.1 Å². The second-order valence-corrected chi connectivity index (χ2v) is 3.54. The summed E-state index contributed by atoms with van der Waals surface area (Å²) in [6.45, 7) is 3.46. The van der Waals surface area contributed by atoms with Gasteiger partial charge >= 0.3 is 0 Å². The van der Waals surface area contributed by atoms with Crippen molar-refractivity contribution in [2.45, 2.75) is 6.92 Å². The number of aromatic nitrogens is 1. The average Bonchev–Trinajstić information content (AvgIpc) is 2.08. The van der Waals surface area contributed by atoms with E-state index in [-0.39, 0.29) is 0 Å². The van der Waals surface area contributed by atoms with Crippen molar-refractivity contribution in [3.63, 3.8) is 0 Å².